The third-order valence-electron chi connectivity index (χ3n) is 0.537. The average molecular weight is 357 g/mol. The summed E-state index contributed by atoms with van der Waals surface area (Å²) in [4.78, 5) is 18.2. The van der Waals surface area contributed by atoms with Crippen LogP contribution in [0, 0.1) is 0 Å². The van der Waals surface area contributed by atoms with Gasteiger partial charge in [0.25, 0.3) is 0 Å². The number of carboxylic acid groups (broad SMARTS) is 2. The third-order valence-corrected chi connectivity index (χ3v) is 0.537. The zero-order chi connectivity index (χ0) is 9.28. The predicted octanol–water partition coefficient (Wildman–Crippen LogP) is 0.634. The molecule has 0 aromatic rings. The smallest absolute Gasteiger partial charge is 0.677 e. The Morgan fingerprint density at radius 2 is 1.25 bits per heavy atom. The molecular weight excluding hydrogens is 347 g/mol. The summed E-state index contributed by atoms with van der Waals surface area (Å²) in [6.07, 6.45) is 0.722. The number of nitrogens with one attached hydrogen (secondary N) is 2. The van der Waals surface area contributed by atoms with Crippen molar-refractivity contribution in [2.75, 3.05) is 13.1 Å². The van der Waals surface area contributed by atoms with Gasteiger partial charge in [-0.15, -0.1) is 0 Å². The molecule has 0 spiro atoms. The molecule has 0 saturated heterocycles. The van der Waals surface area contributed by atoms with E-state index in [9.17, 15) is 0 Å². The first-order valence-corrected chi connectivity index (χ1v) is 2.81. The number of hydrogen-bond donors (Lipinski definition) is 2. The average Bonchev–Trinajstić information content (AvgIpc) is 1.90. The van der Waals surface area contributed by atoms with Gasteiger partial charge in [0.15, 0.2) is 0 Å². The summed E-state index contributed by atoms with van der Waals surface area (Å²) in [5.41, 5.74) is 13.0. The Morgan fingerprint density at radius 3 is 1.25 bits per heavy atom. The van der Waals surface area contributed by atoms with Crippen molar-refractivity contribution in [3.63, 3.8) is 0 Å². The Bertz CT molecular complexity index is 117. The van der Waals surface area contributed by atoms with E-state index in [1.54, 1.807) is 0 Å². The van der Waals surface area contributed by atoms with Crippen LogP contribution in [0.1, 0.15) is 6.42 Å². The molecule has 12 heavy (non-hydrogen) atoms. The van der Waals surface area contributed by atoms with Gasteiger partial charge in [0.1, 0.15) is 0 Å². The minimum absolute atomic E-state index is 0. The maximum absolute atomic E-state index is 9.10. The second-order valence-electron chi connectivity index (χ2n) is 1.46. The molecule has 74 valence electrons. The number of hydrogen-bond acceptors (Lipinski definition) is 2. The van der Waals surface area contributed by atoms with Gasteiger partial charge in [-0.25, -0.2) is 9.59 Å². The van der Waals surface area contributed by atoms with Crippen molar-refractivity contribution in [1.82, 2.24) is 0 Å². The van der Waals surface area contributed by atoms with Crippen LogP contribution < -0.4 is 0 Å². The van der Waals surface area contributed by atoms with E-state index in [-0.39, 0.29) is 21.1 Å². The van der Waals surface area contributed by atoms with Gasteiger partial charge in [-0.1, -0.05) is 6.42 Å². The van der Waals surface area contributed by atoms with E-state index in [1.807, 2.05) is 0 Å². The van der Waals surface area contributed by atoms with Crippen LogP contribution in [0.15, 0.2) is 0 Å². The molecular formula is C5H10N2O4Pt. The van der Waals surface area contributed by atoms with Crippen LogP contribution in [0.5, 0.6) is 0 Å². The van der Waals surface area contributed by atoms with Gasteiger partial charge in [0.2, 0.25) is 0 Å². The van der Waals surface area contributed by atoms with Gasteiger partial charge in [0.05, 0.1) is 0 Å². The summed E-state index contributed by atoms with van der Waals surface area (Å²) in [6, 6.07) is 0. The summed E-state index contributed by atoms with van der Waals surface area (Å²) in [7, 11) is 0. The van der Waals surface area contributed by atoms with Gasteiger partial charge in [-0.3, -0.25) is 0 Å². The van der Waals surface area contributed by atoms with E-state index in [4.69, 9.17) is 31.3 Å². The molecule has 0 bridgehead atoms. The normalized spacial score (nSPS) is 7.17. The summed E-state index contributed by atoms with van der Waals surface area (Å²) >= 11 is 0. The largest absolute Gasteiger partial charge is 2.00 e. The number of carboxylic acids is 2. The molecule has 7 heteroatoms. The molecule has 0 amide bonds. The molecule has 6 nitrogen and oxygen atoms in total. The molecule has 0 saturated carbocycles. The van der Waals surface area contributed by atoms with Crippen molar-refractivity contribution in [2.24, 2.45) is 0 Å². The fraction of sp³-hybridized carbons (Fsp3) is 0.600. The van der Waals surface area contributed by atoms with Gasteiger partial charge in [-0.2, -0.15) is 13.1 Å². The van der Waals surface area contributed by atoms with E-state index < -0.39 is 11.9 Å². The van der Waals surface area contributed by atoms with Crippen molar-refractivity contribution in [3.05, 3.63) is 11.5 Å². The second kappa shape index (κ2) is 13.2. The number of carbonyl (C=O) groups is 2. The minimum atomic E-state index is -1.82. The van der Waals surface area contributed by atoms with E-state index in [2.05, 4.69) is 0 Å². The summed E-state index contributed by atoms with van der Waals surface area (Å²) in [6.45, 7) is 0.812. The Hall–Kier alpha value is -0.452. The molecule has 0 atom stereocenters. The molecule has 0 rings (SSSR count). The van der Waals surface area contributed by atoms with Gasteiger partial charge in [-0.05, 0) is 0 Å². The topological polar surface area (TPSA) is 122 Å². The van der Waals surface area contributed by atoms with Crippen LogP contribution in [0.2, 0.25) is 0 Å². The fourth-order valence-electron chi connectivity index (χ4n) is 0.0884. The molecule has 0 aromatic carbocycles. The number of aliphatic carboxylic acids is 2. The molecule has 0 aliphatic rings. The molecule has 0 heterocycles. The van der Waals surface area contributed by atoms with Crippen LogP contribution in [-0.4, -0.2) is 35.2 Å². The third kappa shape index (κ3) is 22.7. The monoisotopic (exact) mass is 357 g/mol. The SMILES string of the molecule is O=C(O)C(=O)O.[NH-]CCC[NH-].[Pt+2]. The van der Waals surface area contributed by atoms with E-state index in [0.717, 1.165) is 6.42 Å². The quantitative estimate of drug-likeness (QED) is 0.704. The van der Waals surface area contributed by atoms with Crippen molar-refractivity contribution in [3.8, 4) is 0 Å². The van der Waals surface area contributed by atoms with Crippen molar-refractivity contribution >= 4 is 11.9 Å². The van der Waals surface area contributed by atoms with Gasteiger partial charge >= 0.3 is 33.0 Å². The molecule has 4 N–H and O–H groups in total. The zero-order valence-electron chi connectivity index (χ0n) is 6.15. The predicted molar refractivity (Wildman–Crippen MR) is 38.3 cm³/mol. The molecule has 0 fully saturated rings. The molecule has 0 radical (unpaired) electrons. The Labute approximate surface area is 84.2 Å². The van der Waals surface area contributed by atoms with E-state index in [1.165, 1.54) is 0 Å². The van der Waals surface area contributed by atoms with Crippen LogP contribution in [0.3, 0.4) is 0 Å². The first kappa shape index (κ1) is 17.6. The van der Waals surface area contributed by atoms with Crippen molar-refractivity contribution in [2.45, 2.75) is 6.42 Å². The van der Waals surface area contributed by atoms with E-state index in [0.29, 0.717) is 13.1 Å². The van der Waals surface area contributed by atoms with E-state index >= 15 is 0 Å². The Kier molecular flexibility index (Phi) is 19.3. The standard InChI is InChI=1S/C3H8N2.C2H2O4.Pt/c4-2-1-3-5;3-1(4)2(5)6;/h4-5H,1-3H2;(H,3,4)(H,5,6);/q-2;;+2. The van der Waals surface area contributed by atoms with Crippen LogP contribution in [-0.2, 0) is 30.7 Å². The molecule has 0 aromatic heterocycles. The minimum Gasteiger partial charge on any atom is -0.677 e. The van der Waals surface area contributed by atoms with Crippen LogP contribution in [0.4, 0.5) is 0 Å². The van der Waals surface area contributed by atoms with Crippen LogP contribution >= 0.6 is 0 Å². The second-order valence-corrected chi connectivity index (χ2v) is 1.46. The maximum Gasteiger partial charge on any atom is 2.00 e. The fourth-order valence-corrected chi connectivity index (χ4v) is 0.0884. The Morgan fingerprint density at radius 1 is 1.00 bits per heavy atom. The maximum atomic E-state index is 9.10. The van der Waals surface area contributed by atoms with Crippen molar-refractivity contribution < 1.29 is 40.9 Å². The Balaban J connectivity index is -0.000000126. The van der Waals surface area contributed by atoms with Gasteiger partial charge < -0.3 is 21.7 Å². The summed E-state index contributed by atoms with van der Waals surface area (Å²) < 4.78 is 0. The molecule has 0 aliphatic carbocycles. The van der Waals surface area contributed by atoms with Gasteiger partial charge in [0, 0.05) is 0 Å². The summed E-state index contributed by atoms with van der Waals surface area (Å²) in [5, 5.41) is 14.8. The molecule has 0 unspecified atom stereocenters. The van der Waals surface area contributed by atoms with Crippen molar-refractivity contribution in [1.29, 1.82) is 0 Å². The zero-order valence-corrected chi connectivity index (χ0v) is 8.42. The number of rotatable bonds is 2. The summed E-state index contributed by atoms with van der Waals surface area (Å²) in [5.74, 6) is -3.65. The van der Waals surface area contributed by atoms with Crippen LogP contribution in [0.25, 0.3) is 11.5 Å². The first-order chi connectivity index (χ1) is 5.06. The molecule has 0 aliphatic heterocycles. The first-order valence-electron chi connectivity index (χ1n) is 2.81.